The quantitative estimate of drug-likeness (QED) is 0.567. The summed E-state index contributed by atoms with van der Waals surface area (Å²) >= 11 is 0. The Bertz CT molecular complexity index is 53.9. The molecule has 4 N–H and O–H groups in total. The molecule has 0 aromatic carbocycles. The molecular formula is C6H18N2Si. The van der Waals surface area contributed by atoms with Crippen LogP contribution in [-0.4, -0.2) is 20.4 Å². The van der Waals surface area contributed by atoms with Crippen molar-refractivity contribution in [3.63, 3.8) is 0 Å². The average molecular weight is 146 g/mol. The molecule has 0 radical (unpaired) electrons. The smallest absolute Gasteiger partial charge is 0.0820 e. The van der Waals surface area contributed by atoms with Crippen LogP contribution in [-0.2, 0) is 0 Å². The highest BCUT2D eigenvalue weighted by atomic mass is 28.3. The molecule has 0 bridgehead atoms. The van der Waals surface area contributed by atoms with Crippen molar-refractivity contribution in [1.82, 2.24) is 0 Å². The van der Waals surface area contributed by atoms with Gasteiger partial charge < -0.3 is 11.5 Å². The summed E-state index contributed by atoms with van der Waals surface area (Å²) in [6.07, 6.45) is 1.72. The fourth-order valence-corrected chi connectivity index (χ4v) is 2.73. The minimum atomic E-state index is -1.14. The topological polar surface area (TPSA) is 52.0 Å². The minimum absolute atomic E-state index is 0.858. The lowest BCUT2D eigenvalue weighted by molar-refractivity contribution is 1.09. The lowest BCUT2D eigenvalue weighted by Crippen LogP contribution is -2.49. The van der Waals surface area contributed by atoms with Gasteiger partial charge in [-0.2, -0.15) is 0 Å². The van der Waals surface area contributed by atoms with Crippen LogP contribution >= 0.6 is 0 Å². The fraction of sp³-hybridized carbons (Fsp3) is 1.00. The standard InChI is InChI=1S/C6H18N2Si/c1-3-9(4-2,5-7)6-8/h3-8H2,1-2H3. The third-order valence-corrected chi connectivity index (χ3v) is 7.10. The molecule has 9 heavy (non-hydrogen) atoms. The lowest BCUT2D eigenvalue weighted by atomic mass is 10.9. The van der Waals surface area contributed by atoms with E-state index in [1.807, 2.05) is 0 Å². The molecule has 0 aliphatic rings. The Hall–Kier alpha value is 0.137. The van der Waals surface area contributed by atoms with Crippen LogP contribution in [0.3, 0.4) is 0 Å². The Balaban J connectivity index is 3.82. The van der Waals surface area contributed by atoms with Gasteiger partial charge in [0.25, 0.3) is 0 Å². The van der Waals surface area contributed by atoms with E-state index in [0.29, 0.717) is 0 Å². The highest BCUT2D eigenvalue weighted by Gasteiger charge is 2.24. The zero-order valence-corrected chi connectivity index (χ0v) is 7.48. The van der Waals surface area contributed by atoms with E-state index in [2.05, 4.69) is 13.8 Å². The highest BCUT2D eigenvalue weighted by Crippen LogP contribution is 2.10. The van der Waals surface area contributed by atoms with Gasteiger partial charge in [-0.3, -0.25) is 0 Å². The van der Waals surface area contributed by atoms with Gasteiger partial charge >= 0.3 is 0 Å². The first-order valence-corrected chi connectivity index (χ1v) is 6.47. The Labute approximate surface area is 58.6 Å². The molecule has 0 spiro atoms. The van der Waals surface area contributed by atoms with E-state index in [0.717, 1.165) is 12.3 Å². The van der Waals surface area contributed by atoms with Crippen LogP contribution in [0, 0.1) is 0 Å². The van der Waals surface area contributed by atoms with E-state index >= 15 is 0 Å². The summed E-state index contributed by atoms with van der Waals surface area (Å²) in [5, 5.41) is 0. The second kappa shape index (κ2) is 4.03. The molecule has 0 rings (SSSR count). The minimum Gasteiger partial charge on any atom is -0.333 e. The van der Waals surface area contributed by atoms with Gasteiger partial charge in [0.2, 0.25) is 0 Å². The van der Waals surface area contributed by atoms with Crippen molar-refractivity contribution in [3.8, 4) is 0 Å². The Morgan fingerprint density at radius 3 is 1.33 bits per heavy atom. The summed E-state index contributed by atoms with van der Waals surface area (Å²) in [5.41, 5.74) is 11.2. The third kappa shape index (κ3) is 2.08. The van der Waals surface area contributed by atoms with Crippen molar-refractivity contribution in [1.29, 1.82) is 0 Å². The molecule has 0 saturated heterocycles. The van der Waals surface area contributed by atoms with E-state index in [4.69, 9.17) is 11.5 Å². The maximum absolute atomic E-state index is 5.62. The van der Waals surface area contributed by atoms with Gasteiger partial charge in [-0.05, 0) is 12.3 Å². The van der Waals surface area contributed by atoms with E-state index in [-0.39, 0.29) is 0 Å². The normalized spacial score (nSPS) is 12.0. The molecule has 0 aliphatic heterocycles. The summed E-state index contributed by atoms with van der Waals surface area (Å²) in [6, 6.07) is 2.47. The van der Waals surface area contributed by atoms with Gasteiger partial charge in [0, 0.05) is 0 Å². The number of rotatable bonds is 4. The van der Waals surface area contributed by atoms with Crippen molar-refractivity contribution < 1.29 is 0 Å². The second-order valence-corrected chi connectivity index (χ2v) is 7.85. The molecule has 3 heteroatoms. The van der Waals surface area contributed by atoms with Gasteiger partial charge in [0.05, 0.1) is 8.07 Å². The maximum Gasteiger partial charge on any atom is 0.0820 e. The predicted molar refractivity (Wildman–Crippen MR) is 44.8 cm³/mol. The maximum atomic E-state index is 5.62. The number of hydrogen-bond donors (Lipinski definition) is 2. The molecule has 2 nitrogen and oxygen atoms in total. The molecule has 0 fully saturated rings. The number of nitrogens with two attached hydrogens (primary N) is 2. The lowest BCUT2D eigenvalue weighted by Gasteiger charge is -2.24. The van der Waals surface area contributed by atoms with Gasteiger partial charge in [-0.1, -0.05) is 25.9 Å². The zero-order chi connectivity index (χ0) is 7.33. The first kappa shape index (κ1) is 9.14. The highest BCUT2D eigenvalue weighted by molar-refractivity contribution is 6.80. The van der Waals surface area contributed by atoms with Crippen molar-refractivity contribution in [2.24, 2.45) is 11.5 Å². The summed E-state index contributed by atoms with van der Waals surface area (Å²) < 4.78 is 0. The monoisotopic (exact) mass is 146 g/mol. The molecule has 0 heterocycles. The Morgan fingerprint density at radius 2 is 1.33 bits per heavy atom. The average Bonchev–Trinajstić information content (AvgIpc) is 1.95. The molecule has 0 atom stereocenters. The Morgan fingerprint density at radius 1 is 1.00 bits per heavy atom. The molecule has 0 aliphatic carbocycles. The van der Waals surface area contributed by atoms with Crippen LogP contribution in [0.25, 0.3) is 0 Å². The predicted octanol–water partition coefficient (Wildman–Crippen LogP) is 0.471. The molecule has 0 unspecified atom stereocenters. The van der Waals surface area contributed by atoms with Crippen LogP contribution in [0.5, 0.6) is 0 Å². The molecular weight excluding hydrogens is 128 g/mol. The van der Waals surface area contributed by atoms with E-state index in [1.54, 1.807) is 0 Å². The molecule has 0 aromatic rings. The summed E-state index contributed by atoms with van der Waals surface area (Å²) in [7, 11) is -1.14. The first-order chi connectivity index (χ1) is 4.24. The van der Waals surface area contributed by atoms with Gasteiger partial charge in [0.1, 0.15) is 0 Å². The Kier molecular flexibility index (Phi) is 4.09. The number of hydrogen-bond acceptors (Lipinski definition) is 2. The fourth-order valence-electron chi connectivity index (χ4n) is 0.911. The van der Waals surface area contributed by atoms with Crippen LogP contribution in [0.2, 0.25) is 12.1 Å². The molecule has 0 aromatic heterocycles. The SMILES string of the molecule is CC[Si](CC)(CN)CN. The summed E-state index contributed by atoms with van der Waals surface area (Å²) in [6.45, 7) is 4.41. The zero-order valence-electron chi connectivity index (χ0n) is 6.48. The van der Waals surface area contributed by atoms with Gasteiger partial charge in [-0.25, -0.2) is 0 Å². The van der Waals surface area contributed by atoms with E-state index in [9.17, 15) is 0 Å². The van der Waals surface area contributed by atoms with Crippen molar-refractivity contribution in [2.45, 2.75) is 25.9 Å². The van der Waals surface area contributed by atoms with Gasteiger partial charge in [0.15, 0.2) is 0 Å². The van der Waals surface area contributed by atoms with Crippen molar-refractivity contribution in [3.05, 3.63) is 0 Å². The van der Waals surface area contributed by atoms with Crippen molar-refractivity contribution in [2.75, 3.05) is 12.3 Å². The van der Waals surface area contributed by atoms with Crippen molar-refractivity contribution >= 4 is 8.07 Å². The van der Waals surface area contributed by atoms with Crippen LogP contribution in [0.4, 0.5) is 0 Å². The van der Waals surface area contributed by atoms with Crippen LogP contribution in [0.15, 0.2) is 0 Å². The van der Waals surface area contributed by atoms with E-state index in [1.165, 1.54) is 12.1 Å². The summed E-state index contributed by atoms with van der Waals surface area (Å²) in [5.74, 6) is 0. The summed E-state index contributed by atoms with van der Waals surface area (Å²) in [4.78, 5) is 0. The van der Waals surface area contributed by atoms with Gasteiger partial charge in [-0.15, -0.1) is 0 Å². The molecule has 56 valence electrons. The van der Waals surface area contributed by atoms with Crippen LogP contribution < -0.4 is 11.5 Å². The molecule has 0 amide bonds. The third-order valence-electron chi connectivity index (χ3n) is 2.37. The van der Waals surface area contributed by atoms with E-state index < -0.39 is 8.07 Å². The first-order valence-electron chi connectivity index (χ1n) is 3.64. The van der Waals surface area contributed by atoms with Crippen LogP contribution in [0.1, 0.15) is 13.8 Å². The molecule has 0 saturated carbocycles. The second-order valence-electron chi connectivity index (χ2n) is 2.62. The largest absolute Gasteiger partial charge is 0.333 e.